The molecule has 1 heterocycles. The van der Waals surface area contributed by atoms with E-state index in [1.807, 2.05) is 37.4 Å². The lowest BCUT2D eigenvalue weighted by Gasteiger charge is -1.96. The van der Waals surface area contributed by atoms with Gasteiger partial charge in [-0.2, -0.15) is 0 Å². The molecule has 0 saturated heterocycles. The first-order valence-electron chi connectivity index (χ1n) is 5.25. The summed E-state index contributed by atoms with van der Waals surface area (Å²) in [4.78, 5) is 4.05. The maximum absolute atomic E-state index is 4.05. The molecule has 0 radical (unpaired) electrons. The number of hydrogen-bond donors (Lipinski definition) is 0. The summed E-state index contributed by atoms with van der Waals surface area (Å²) < 4.78 is 0. The number of pyridine rings is 1. The molecule has 2 rings (SSSR count). The molecule has 0 aliphatic carbocycles. The maximum atomic E-state index is 4.05. The zero-order valence-corrected chi connectivity index (χ0v) is 9.49. The van der Waals surface area contributed by atoms with Crippen LogP contribution >= 0.6 is 0 Å². The van der Waals surface area contributed by atoms with Gasteiger partial charge in [-0.3, -0.25) is 4.98 Å². The second-order valence-electron chi connectivity index (χ2n) is 3.76. The summed E-state index contributed by atoms with van der Waals surface area (Å²) in [5, 5.41) is 0. The average Bonchev–Trinajstić information content (AvgIpc) is 2.30. The van der Waals surface area contributed by atoms with E-state index in [-0.39, 0.29) is 0 Å². The highest BCUT2D eigenvalue weighted by atomic mass is 14.6. The Morgan fingerprint density at radius 2 is 1.56 bits per heavy atom. The topological polar surface area (TPSA) is 12.9 Å². The third kappa shape index (κ3) is 2.29. The van der Waals surface area contributed by atoms with Gasteiger partial charge in [-0.25, -0.2) is 0 Å². The fourth-order valence-corrected chi connectivity index (χ4v) is 1.46. The van der Waals surface area contributed by atoms with Crippen molar-refractivity contribution in [2.45, 2.75) is 13.8 Å². The number of nitrogens with zero attached hydrogens (tertiary/aromatic N) is 1. The molecular weight excluding hydrogens is 194 g/mol. The van der Waals surface area contributed by atoms with Gasteiger partial charge in [0.1, 0.15) is 0 Å². The normalized spacial score (nSPS) is 9.38. The van der Waals surface area contributed by atoms with Crippen molar-refractivity contribution in [3.8, 4) is 11.8 Å². The van der Waals surface area contributed by atoms with Crippen LogP contribution in [0.4, 0.5) is 0 Å². The predicted molar refractivity (Wildman–Crippen MR) is 66.1 cm³/mol. The van der Waals surface area contributed by atoms with Crippen LogP contribution in [-0.4, -0.2) is 4.98 Å². The summed E-state index contributed by atoms with van der Waals surface area (Å²) in [6, 6.07) is 10.1. The van der Waals surface area contributed by atoms with E-state index >= 15 is 0 Å². The molecule has 0 aliphatic rings. The van der Waals surface area contributed by atoms with Crippen LogP contribution in [0, 0.1) is 25.7 Å². The highest BCUT2D eigenvalue weighted by molar-refractivity contribution is 5.47. The molecule has 0 saturated carbocycles. The van der Waals surface area contributed by atoms with Crippen molar-refractivity contribution >= 4 is 0 Å². The second kappa shape index (κ2) is 4.63. The summed E-state index contributed by atoms with van der Waals surface area (Å²) in [6.07, 6.45) is 3.61. The number of benzene rings is 1. The Balaban J connectivity index is 2.36. The van der Waals surface area contributed by atoms with Crippen LogP contribution in [0.1, 0.15) is 22.3 Å². The molecule has 1 heteroatoms. The maximum Gasteiger partial charge on any atom is 0.0309 e. The van der Waals surface area contributed by atoms with Crippen molar-refractivity contribution in [3.05, 3.63) is 65.0 Å². The summed E-state index contributed by atoms with van der Waals surface area (Å²) in [6.45, 7) is 4.10. The average molecular weight is 207 g/mol. The Labute approximate surface area is 96.2 Å². The van der Waals surface area contributed by atoms with E-state index < -0.39 is 0 Å². The lowest BCUT2D eigenvalue weighted by atomic mass is 10.1. The van der Waals surface area contributed by atoms with Crippen LogP contribution in [0.5, 0.6) is 0 Å². The van der Waals surface area contributed by atoms with Crippen LogP contribution in [0.3, 0.4) is 0 Å². The van der Waals surface area contributed by atoms with Crippen LogP contribution in [0.15, 0.2) is 42.7 Å². The first-order chi connectivity index (χ1) is 7.77. The number of rotatable bonds is 0. The van der Waals surface area contributed by atoms with Gasteiger partial charge in [-0.15, -0.1) is 0 Å². The number of aromatic nitrogens is 1. The summed E-state index contributed by atoms with van der Waals surface area (Å²) >= 11 is 0. The lowest BCUT2D eigenvalue weighted by Crippen LogP contribution is -1.84. The van der Waals surface area contributed by atoms with Gasteiger partial charge in [0.15, 0.2) is 0 Å². The molecule has 0 amide bonds. The minimum Gasteiger partial charge on any atom is -0.264 e. The van der Waals surface area contributed by atoms with Gasteiger partial charge in [-0.1, -0.05) is 30.0 Å². The Morgan fingerprint density at radius 1 is 0.875 bits per heavy atom. The molecule has 0 aliphatic heterocycles. The first-order valence-corrected chi connectivity index (χ1v) is 5.25. The lowest BCUT2D eigenvalue weighted by molar-refractivity contribution is 1.25. The molecule has 1 nitrogen and oxygen atoms in total. The van der Waals surface area contributed by atoms with Crippen molar-refractivity contribution in [2.24, 2.45) is 0 Å². The quantitative estimate of drug-likeness (QED) is 0.605. The summed E-state index contributed by atoms with van der Waals surface area (Å²) in [7, 11) is 0. The number of aryl methyl sites for hydroxylation is 2. The molecule has 0 unspecified atom stereocenters. The minimum atomic E-state index is 1.04. The van der Waals surface area contributed by atoms with Gasteiger partial charge in [0.05, 0.1) is 0 Å². The van der Waals surface area contributed by atoms with E-state index in [2.05, 4.69) is 29.8 Å². The van der Waals surface area contributed by atoms with Crippen LogP contribution < -0.4 is 0 Å². The van der Waals surface area contributed by atoms with Crippen molar-refractivity contribution in [1.29, 1.82) is 0 Å². The van der Waals surface area contributed by atoms with Gasteiger partial charge >= 0.3 is 0 Å². The van der Waals surface area contributed by atoms with Gasteiger partial charge in [0, 0.05) is 23.5 Å². The molecule has 1 aromatic carbocycles. The first kappa shape index (κ1) is 10.4. The molecule has 0 atom stereocenters. The van der Waals surface area contributed by atoms with Crippen molar-refractivity contribution in [1.82, 2.24) is 4.98 Å². The predicted octanol–water partition coefficient (Wildman–Crippen LogP) is 3.10. The Morgan fingerprint density at radius 3 is 2.25 bits per heavy atom. The zero-order valence-electron chi connectivity index (χ0n) is 9.49. The van der Waals surface area contributed by atoms with E-state index in [9.17, 15) is 0 Å². The molecule has 0 fully saturated rings. The SMILES string of the molecule is Cc1ccccc1C#Cc1ccncc1C. The van der Waals surface area contributed by atoms with Crippen molar-refractivity contribution in [3.63, 3.8) is 0 Å². The van der Waals surface area contributed by atoms with E-state index in [4.69, 9.17) is 0 Å². The van der Waals surface area contributed by atoms with Crippen LogP contribution in [0.2, 0.25) is 0 Å². The third-order valence-electron chi connectivity index (χ3n) is 2.50. The highest BCUT2D eigenvalue weighted by Gasteiger charge is 1.93. The Hall–Kier alpha value is -2.07. The summed E-state index contributed by atoms with van der Waals surface area (Å²) in [5.74, 6) is 6.37. The molecule has 0 bridgehead atoms. The van der Waals surface area contributed by atoms with Gasteiger partial charge in [0.2, 0.25) is 0 Å². The van der Waals surface area contributed by atoms with E-state index in [1.54, 1.807) is 6.20 Å². The Kier molecular flexibility index (Phi) is 3.03. The standard InChI is InChI=1S/C15H13N/c1-12-5-3-4-6-14(12)7-8-15-9-10-16-11-13(15)2/h3-6,9-11H,1-2H3. The van der Waals surface area contributed by atoms with Gasteiger partial charge < -0.3 is 0 Å². The van der Waals surface area contributed by atoms with E-state index in [1.165, 1.54) is 5.56 Å². The molecule has 0 spiro atoms. The van der Waals surface area contributed by atoms with Crippen molar-refractivity contribution < 1.29 is 0 Å². The molecular formula is C15H13N. The van der Waals surface area contributed by atoms with Gasteiger partial charge in [0.25, 0.3) is 0 Å². The molecule has 0 N–H and O–H groups in total. The second-order valence-corrected chi connectivity index (χ2v) is 3.76. The fourth-order valence-electron chi connectivity index (χ4n) is 1.46. The summed E-state index contributed by atoms with van der Waals surface area (Å²) in [5.41, 5.74) is 4.45. The van der Waals surface area contributed by atoms with Crippen LogP contribution in [-0.2, 0) is 0 Å². The van der Waals surface area contributed by atoms with Crippen molar-refractivity contribution in [2.75, 3.05) is 0 Å². The smallest absolute Gasteiger partial charge is 0.0309 e. The Bertz CT molecular complexity index is 509. The molecule has 78 valence electrons. The fraction of sp³-hybridized carbons (Fsp3) is 0.133. The zero-order chi connectivity index (χ0) is 11.4. The van der Waals surface area contributed by atoms with Gasteiger partial charge in [-0.05, 0) is 37.1 Å². The molecule has 16 heavy (non-hydrogen) atoms. The third-order valence-corrected chi connectivity index (χ3v) is 2.50. The largest absolute Gasteiger partial charge is 0.264 e. The monoisotopic (exact) mass is 207 g/mol. The van der Waals surface area contributed by atoms with E-state index in [0.717, 1.165) is 16.7 Å². The number of hydrogen-bond acceptors (Lipinski definition) is 1. The molecule has 1 aromatic heterocycles. The van der Waals surface area contributed by atoms with Crippen LogP contribution in [0.25, 0.3) is 0 Å². The minimum absolute atomic E-state index is 1.04. The highest BCUT2D eigenvalue weighted by Crippen LogP contribution is 2.07. The molecule has 2 aromatic rings. The van der Waals surface area contributed by atoms with E-state index in [0.29, 0.717) is 0 Å².